The minimum atomic E-state index is -1.10. The Balaban J connectivity index is 1.20. The van der Waals surface area contributed by atoms with Crippen molar-refractivity contribution in [3.05, 3.63) is 173 Å². The van der Waals surface area contributed by atoms with E-state index in [9.17, 15) is 59.4 Å². The second-order valence-corrected chi connectivity index (χ2v) is 21.0. The van der Waals surface area contributed by atoms with Crippen molar-refractivity contribution in [2.45, 2.75) is 96.3 Å². The zero-order valence-corrected chi connectivity index (χ0v) is 44.4. The highest BCUT2D eigenvalue weighted by Gasteiger charge is 2.27. The second-order valence-electron chi connectivity index (χ2n) is 21.0. The number of rotatable bonds is 12. The second kappa shape index (κ2) is 24.1. The summed E-state index contributed by atoms with van der Waals surface area (Å²) in [4.78, 5) is 75.2. The number of aliphatic carboxylic acids is 6. The molecule has 18 heteroatoms. The summed E-state index contributed by atoms with van der Waals surface area (Å²) in [5.41, 5.74) is 11.5. The van der Waals surface area contributed by atoms with Crippen molar-refractivity contribution >= 4 is 35.8 Å². The van der Waals surface area contributed by atoms with Crippen LogP contribution in [0.2, 0.25) is 0 Å². The number of carboxylic acid groups (broad SMARTS) is 6. The topological polar surface area (TPSA) is 279 Å². The molecule has 0 amide bonds. The molecule has 18 bridgehead atoms. The van der Waals surface area contributed by atoms with Gasteiger partial charge in [0.15, 0.2) is 0 Å². The molecule has 6 aromatic carbocycles. The Morgan fingerprint density at radius 1 is 0.247 bits per heavy atom. The Hall–Kier alpha value is -9.06. The van der Waals surface area contributed by atoms with Crippen LogP contribution in [0.15, 0.2) is 72.8 Å². The molecule has 6 N–H and O–H groups in total. The fraction of sp³-hybridized carbons (Fsp3) is 0.333. The summed E-state index contributed by atoms with van der Waals surface area (Å²) in [6.45, 7) is 0.391. The van der Waals surface area contributed by atoms with Gasteiger partial charge < -0.3 is 59.1 Å². The standard InChI is InChI=1S/C63H60O18/c64-58(65)28-46-16-34-12-42-24-54-50(32-62(72)73)20-38(42)14-44-26-56-48(30-60(68)69)18-36(44)10-40(34)22-52(46)76-4-1-5-77-53-23-41-11-37-19-49(31-61(70)71)57(81-9-3-8-80-56)27-45(37)15-39-21-51(33-63(74)75)55(79-7-2-6-78-54)25-43(39)13-35(41)17-47(53)29-59(66)67/h16-27H,1-15,28-33H2,(H,64,65)(H,66,67)(H,68,69)(H,70,71)(H,72,73)(H,74,75). The average Bonchev–Trinajstić information content (AvgIpc) is 3.85. The van der Waals surface area contributed by atoms with Crippen molar-refractivity contribution in [1.82, 2.24) is 0 Å². The van der Waals surface area contributed by atoms with Gasteiger partial charge in [0.1, 0.15) is 34.5 Å². The molecule has 12 aliphatic heterocycles. The first-order valence-electron chi connectivity index (χ1n) is 26.9. The largest absolute Gasteiger partial charge is 0.493 e. The van der Waals surface area contributed by atoms with Gasteiger partial charge in [0.05, 0.1) is 78.2 Å². The first-order valence-corrected chi connectivity index (χ1v) is 26.9. The van der Waals surface area contributed by atoms with Crippen LogP contribution in [0, 0.1) is 0 Å². The third-order valence-electron chi connectivity index (χ3n) is 15.0. The average molecular weight is 1110 g/mol. The molecule has 0 fully saturated rings. The minimum absolute atomic E-state index is 0.0652. The van der Waals surface area contributed by atoms with Crippen LogP contribution in [-0.2, 0) is 106 Å². The van der Waals surface area contributed by atoms with E-state index in [2.05, 4.69) is 0 Å². The lowest BCUT2D eigenvalue weighted by Crippen LogP contribution is -2.12. The summed E-state index contributed by atoms with van der Waals surface area (Å²) < 4.78 is 38.7. The van der Waals surface area contributed by atoms with Gasteiger partial charge in [-0.3, -0.25) is 28.8 Å². The van der Waals surface area contributed by atoms with Crippen LogP contribution in [0.3, 0.4) is 0 Å². The Kier molecular flexibility index (Phi) is 16.5. The van der Waals surface area contributed by atoms with Crippen LogP contribution >= 0.6 is 0 Å². The molecule has 0 saturated carbocycles. The first kappa shape index (κ1) is 55.3. The Morgan fingerprint density at radius 3 is 0.519 bits per heavy atom. The van der Waals surface area contributed by atoms with Crippen molar-refractivity contribution < 1.29 is 87.8 Å². The molecule has 2 aliphatic carbocycles. The number of hydrogen-bond acceptors (Lipinski definition) is 12. The Bertz CT molecular complexity index is 2930. The van der Waals surface area contributed by atoms with E-state index in [1.54, 1.807) is 0 Å². The monoisotopic (exact) mass is 1100 g/mol. The van der Waals surface area contributed by atoms with Gasteiger partial charge in [-0.1, -0.05) is 36.4 Å². The molecule has 20 rings (SSSR count). The van der Waals surface area contributed by atoms with Gasteiger partial charge in [-0.2, -0.15) is 0 Å². The molecule has 0 unspecified atom stereocenters. The number of benzene rings is 6. The van der Waals surface area contributed by atoms with E-state index in [0.29, 0.717) is 67.9 Å². The number of hydrogen-bond donors (Lipinski definition) is 6. The summed E-state index contributed by atoms with van der Waals surface area (Å²) in [5, 5.41) is 61.4. The molecule has 12 heterocycles. The van der Waals surface area contributed by atoms with Crippen LogP contribution in [0.25, 0.3) is 0 Å². The van der Waals surface area contributed by atoms with Gasteiger partial charge in [-0.15, -0.1) is 0 Å². The SMILES string of the molecule is O=C(O)Cc1cc2c3cc1OCCCOc1cc4c(cc1CC(=O)O)Cc1cc5c(CC(=O)O)cc1Cc1cc(c(CC(=O)O)cc1C4)OCCCOc1cc(c(cc1CC(=O)O)C3)Cc1cc(CC(=O)O)c(cc1C2)OCCCO5. The van der Waals surface area contributed by atoms with Gasteiger partial charge in [0.2, 0.25) is 0 Å². The number of carboxylic acids is 6. The van der Waals surface area contributed by atoms with Crippen molar-refractivity contribution in [3.63, 3.8) is 0 Å². The molecular formula is C63H60O18. The van der Waals surface area contributed by atoms with Crippen LogP contribution in [0.4, 0.5) is 0 Å². The lowest BCUT2D eigenvalue weighted by Gasteiger charge is -2.20. The highest BCUT2D eigenvalue weighted by atomic mass is 16.5. The highest BCUT2D eigenvalue weighted by Crippen LogP contribution is 2.40. The molecule has 0 radical (unpaired) electrons. The van der Waals surface area contributed by atoms with Crippen molar-refractivity contribution in [2.24, 2.45) is 0 Å². The van der Waals surface area contributed by atoms with E-state index < -0.39 is 35.8 Å². The van der Waals surface area contributed by atoms with Crippen LogP contribution in [-0.4, -0.2) is 106 Å². The van der Waals surface area contributed by atoms with Crippen LogP contribution in [0.5, 0.6) is 34.5 Å². The molecule has 0 atom stereocenters. The Morgan fingerprint density at radius 2 is 0.383 bits per heavy atom. The highest BCUT2D eigenvalue weighted by molar-refractivity contribution is 5.76. The molecule has 0 saturated heterocycles. The van der Waals surface area contributed by atoms with Gasteiger partial charge in [-0.05, 0) is 142 Å². The minimum Gasteiger partial charge on any atom is -0.493 e. The summed E-state index contributed by atoms with van der Waals surface area (Å²) in [5.74, 6) is -4.65. The van der Waals surface area contributed by atoms with E-state index in [1.165, 1.54) is 0 Å². The fourth-order valence-electron chi connectivity index (χ4n) is 11.4. The molecule has 18 nitrogen and oxygen atoms in total. The maximum Gasteiger partial charge on any atom is 0.307 e. The molecular weight excluding hydrogens is 1040 g/mol. The molecule has 420 valence electrons. The van der Waals surface area contributed by atoms with Gasteiger partial charge in [0.25, 0.3) is 0 Å². The zero-order valence-electron chi connectivity index (χ0n) is 44.4. The third-order valence-corrected chi connectivity index (χ3v) is 15.0. The summed E-state index contributed by atoms with van der Waals surface area (Å²) in [6.07, 6.45) is 0.122. The fourth-order valence-corrected chi connectivity index (χ4v) is 11.4. The van der Waals surface area contributed by atoms with Gasteiger partial charge in [0, 0.05) is 52.6 Å². The van der Waals surface area contributed by atoms with Crippen LogP contribution < -0.4 is 28.4 Å². The van der Waals surface area contributed by atoms with Crippen molar-refractivity contribution in [1.29, 1.82) is 0 Å². The summed E-state index contributed by atoms with van der Waals surface area (Å²) in [7, 11) is 0. The maximum atomic E-state index is 12.5. The lowest BCUT2D eigenvalue weighted by molar-refractivity contribution is -0.137. The van der Waals surface area contributed by atoms with Crippen LogP contribution in [0.1, 0.15) is 119 Å². The molecule has 6 aromatic rings. The quantitative estimate of drug-likeness (QED) is 0.0681. The predicted octanol–water partition coefficient (Wildman–Crippen LogP) is 7.79. The maximum absolute atomic E-state index is 12.5. The van der Waals surface area contributed by atoms with Gasteiger partial charge >= 0.3 is 35.8 Å². The molecule has 0 spiro atoms. The van der Waals surface area contributed by atoms with E-state index in [-0.39, 0.29) is 136 Å². The first-order chi connectivity index (χ1) is 39.0. The van der Waals surface area contributed by atoms with Gasteiger partial charge in [-0.25, -0.2) is 0 Å². The summed E-state index contributed by atoms with van der Waals surface area (Å²) in [6, 6.07) is 21.8. The normalized spacial score (nSPS) is 14.7. The molecule has 0 aromatic heterocycles. The summed E-state index contributed by atoms with van der Waals surface area (Å²) >= 11 is 0. The third kappa shape index (κ3) is 13.3. The Labute approximate surface area is 465 Å². The smallest absolute Gasteiger partial charge is 0.307 e. The number of carbonyl (C=O) groups is 6. The van der Waals surface area contributed by atoms with E-state index in [1.807, 2.05) is 72.8 Å². The van der Waals surface area contributed by atoms with E-state index >= 15 is 0 Å². The van der Waals surface area contributed by atoms with Crippen molar-refractivity contribution in [2.75, 3.05) is 39.6 Å². The molecule has 14 aliphatic rings. The predicted molar refractivity (Wildman–Crippen MR) is 290 cm³/mol. The molecule has 81 heavy (non-hydrogen) atoms. The van der Waals surface area contributed by atoms with Crippen molar-refractivity contribution in [3.8, 4) is 34.5 Å². The zero-order chi connectivity index (χ0) is 56.9. The van der Waals surface area contributed by atoms with E-state index in [4.69, 9.17) is 28.4 Å². The van der Waals surface area contributed by atoms with E-state index in [0.717, 1.165) is 66.8 Å². The lowest BCUT2D eigenvalue weighted by atomic mass is 9.91. The number of ether oxygens (including phenoxy) is 6.